The van der Waals surface area contributed by atoms with E-state index in [0.29, 0.717) is 18.7 Å². The lowest BCUT2D eigenvalue weighted by Crippen LogP contribution is -2.25. The zero-order valence-electron chi connectivity index (χ0n) is 21.9. The summed E-state index contributed by atoms with van der Waals surface area (Å²) in [5.74, 6) is -9.64. The highest BCUT2D eigenvalue weighted by molar-refractivity contribution is 5.66. The zero-order chi connectivity index (χ0) is 31.5. The van der Waals surface area contributed by atoms with Crippen molar-refractivity contribution in [2.75, 3.05) is 6.61 Å². The number of unbranched alkanes of at least 4 members (excludes halogenated alkanes) is 1. The Bertz CT molecular complexity index is 1670. The van der Waals surface area contributed by atoms with Crippen molar-refractivity contribution in [1.29, 1.82) is 0 Å². The minimum absolute atomic E-state index is 0.167. The molecular weight excluding hydrogens is 594 g/mol. The van der Waals surface area contributed by atoms with Crippen molar-refractivity contribution in [3.63, 3.8) is 0 Å². The molecule has 0 heterocycles. The highest BCUT2D eigenvalue weighted by atomic mass is 19.3. The van der Waals surface area contributed by atoms with Gasteiger partial charge in [-0.2, -0.15) is 8.78 Å². The van der Waals surface area contributed by atoms with E-state index in [1.54, 1.807) is 0 Å². The van der Waals surface area contributed by atoms with Crippen LogP contribution in [0.15, 0.2) is 54.6 Å². The summed E-state index contributed by atoms with van der Waals surface area (Å²) in [4.78, 5) is 0. The van der Waals surface area contributed by atoms with Crippen LogP contribution in [0.1, 0.15) is 36.5 Å². The highest BCUT2D eigenvalue weighted by Crippen LogP contribution is 2.38. The second kappa shape index (κ2) is 12.7. The standard InChI is InChI=1S/C31H18F10O2/c1-2-3-8-42-19-7-6-17(21(32)13-19)5-4-16-9-24(35)29(25(36)10-16)31(40,41)43-20-14-22(33)28(23(34)15-20)18-11-26(37)30(39)27(38)12-18/h6-7,9-15H,2-3,8H2,1H3. The number of benzene rings is 4. The van der Waals surface area contributed by atoms with E-state index in [0.717, 1.165) is 18.9 Å². The molecule has 0 spiro atoms. The molecule has 4 aromatic rings. The summed E-state index contributed by atoms with van der Waals surface area (Å²) in [7, 11) is 0. The van der Waals surface area contributed by atoms with E-state index in [9.17, 15) is 43.9 Å². The van der Waals surface area contributed by atoms with Crippen LogP contribution in [-0.4, -0.2) is 6.61 Å². The van der Waals surface area contributed by atoms with Gasteiger partial charge in [-0.1, -0.05) is 25.2 Å². The van der Waals surface area contributed by atoms with Gasteiger partial charge >= 0.3 is 6.11 Å². The lowest BCUT2D eigenvalue weighted by molar-refractivity contribution is -0.189. The van der Waals surface area contributed by atoms with Crippen LogP contribution >= 0.6 is 0 Å². The van der Waals surface area contributed by atoms with Crippen LogP contribution in [0.2, 0.25) is 0 Å². The van der Waals surface area contributed by atoms with Crippen LogP contribution in [0, 0.1) is 58.4 Å². The maximum absolute atomic E-state index is 14.8. The lowest BCUT2D eigenvalue weighted by Gasteiger charge is -2.20. The summed E-state index contributed by atoms with van der Waals surface area (Å²) in [6, 6.07) is 5.50. The van der Waals surface area contributed by atoms with Crippen LogP contribution in [-0.2, 0) is 6.11 Å². The van der Waals surface area contributed by atoms with Crippen molar-refractivity contribution in [2.45, 2.75) is 25.9 Å². The predicted molar refractivity (Wildman–Crippen MR) is 135 cm³/mol. The van der Waals surface area contributed by atoms with Crippen molar-refractivity contribution < 1.29 is 53.4 Å². The van der Waals surface area contributed by atoms with E-state index in [4.69, 9.17) is 4.74 Å². The van der Waals surface area contributed by atoms with Crippen LogP contribution in [0.5, 0.6) is 11.5 Å². The molecule has 0 radical (unpaired) electrons. The third-order valence-electron chi connectivity index (χ3n) is 5.92. The number of ether oxygens (including phenoxy) is 2. The van der Waals surface area contributed by atoms with E-state index in [1.807, 2.05) is 6.92 Å². The largest absolute Gasteiger partial charge is 0.493 e. The van der Waals surface area contributed by atoms with Crippen molar-refractivity contribution in [3.05, 3.63) is 118 Å². The number of rotatable bonds is 8. The molecule has 0 aliphatic heterocycles. The van der Waals surface area contributed by atoms with Gasteiger partial charge in [0.05, 0.1) is 17.7 Å². The molecule has 0 unspecified atom stereocenters. The maximum Gasteiger partial charge on any atom is 0.432 e. The predicted octanol–water partition coefficient (Wildman–Crippen LogP) is 9.17. The van der Waals surface area contributed by atoms with Gasteiger partial charge in [-0.15, -0.1) is 0 Å². The van der Waals surface area contributed by atoms with Gasteiger partial charge in [0.15, 0.2) is 17.5 Å². The molecular formula is C31H18F10O2. The lowest BCUT2D eigenvalue weighted by atomic mass is 10.0. The molecule has 0 aliphatic carbocycles. The van der Waals surface area contributed by atoms with Crippen molar-refractivity contribution in [1.82, 2.24) is 0 Å². The summed E-state index contributed by atoms with van der Waals surface area (Å²) >= 11 is 0. The van der Waals surface area contributed by atoms with Gasteiger partial charge in [0.2, 0.25) is 0 Å². The summed E-state index contributed by atoms with van der Waals surface area (Å²) in [5.41, 5.74) is -4.44. The Morgan fingerprint density at radius 2 is 1.23 bits per heavy atom. The van der Waals surface area contributed by atoms with Crippen LogP contribution in [0.25, 0.3) is 11.1 Å². The van der Waals surface area contributed by atoms with E-state index in [2.05, 4.69) is 16.6 Å². The second-order valence-electron chi connectivity index (χ2n) is 9.04. The van der Waals surface area contributed by atoms with Gasteiger partial charge in [-0.05, 0) is 48.4 Å². The molecule has 12 heteroatoms. The SMILES string of the molecule is CCCCOc1ccc(C#Cc2cc(F)c(C(F)(F)Oc3cc(F)c(-c4cc(F)c(F)c(F)c4)c(F)c3)c(F)c2)c(F)c1. The molecule has 2 nitrogen and oxygen atoms in total. The van der Waals surface area contributed by atoms with Crippen molar-refractivity contribution in [2.24, 2.45) is 0 Å². The van der Waals surface area contributed by atoms with Crippen molar-refractivity contribution in [3.8, 4) is 34.5 Å². The van der Waals surface area contributed by atoms with Crippen LogP contribution < -0.4 is 9.47 Å². The van der Waals surface area contributed by atoms with Gasteiger partial charge in [0.25, 0.3) is 0 Å². The Labute approximate surface area is 238 Å². The smallest absolute Gasteiger partial charge is 0.432 e. The van der Waals surface area contributed by atoms with Crippen molar-refractivity contribution >= 4 is 0 Å². The Morgan fingerprint density at radius 3 is 1.79 bits per heavy atom. The molecule has 0 aromatic heterocycles. The molecule has 0 atom stereocenters. The third kappa shape index (κ3) is 7.05. The first-order valence-electron chi connectivity index (χ1n) is 12.5. The average molecular weight is 612 g/mol. The van der Waals surface area contributed by atoms with E-state index in [-0.39, 0.29) is 35.6 Å². The Kier molecular flexibility index (Phi) is 9.23. The second-order valence-corrected chi connectivity index (χ2v) is 9.04. The van der Waals surface area contributed by atoms with E-state index >= 15 is 0 Å². The molecule has 0 N–H and O–H groups in total. The number of hydrogen-bond donors (Lipinski definition) is 0. The summed E-state index contributed by atoms with van der Waals surface area (Å²) < 4.78 is 152. The van der Waals surface area contributed by atoms with Gasteiger partial charge in [0.1, 0.15) is 46.1 Å². The van der Waals surface area contributed by atoms with Gasteiger partial charge in [-0.25, -0.2) is 35.1 Å². The maximum atomic E-state index is 14.8. The Balaban J connectivity index is 1.57. The molecule has 224 valence electrons. The first kappa shape index (κ1) is 31.3. The summed E-state index contributed by atoms with van der Waals surface area (Å²) in [6.07, 6.45) is -3.21. The minimum Gasteiger partial charge on any atom is -0.493 e. The molecule has 4 aromatic carbocycles. The molecule has 43 heavy (non-hydrogen) atoms. The highest BCUT2D eigenvalue weighted by Gasteiger charge is 2.41. The van der Waals surface area contributed by atoms with Crippen LogP contribution in [0.3, 0.4) is 0 Å². The average Bonchev–Trinajstić information content (AvgIpc) is 2.90. The van der Waals surface area contributed by atoms with E-state index < -0.39 is 80.6 Å². The molecule has 0 fully saturated rings. The monoisotopic (exact) mass is 612 g/mol. The fourth-order valence-corrected chi connectivity index (χ4v) is 3.87. The van der Waals surface area contributed by atoms with Gasteiger partial charge in [0, 0.05) is 23.8 Å². The summed E-state index contributed by atoms with van der Waals surface area (Å²) in [6.45, 7) is 2.32. The first-order chi connectivity index (χ1) is 20.3. The number of hydrogen-bond acceptors (Lipinski definition) is 2. The zero-order valence-corrected chi connectivity index (χ0v) is 21.9. The topological polar surface area (TPSA) is 18.5 Å². The molecule has 0 amide bonds. The van der Waals surface area contributed by atoms with Gasteiger partial charge in [-0.3, -0.25) is 0 Å². The fourth-order valence-electron chi connectivity index (χ4n) is 3.87. The number of alkyl halides is 2. The Hall–Kier alpha value is -4.66. The van der Waals surface area contributed by atoms with Gasteiger partial charge < -0.3 is 9.47 Å². The Morgan fingerprint density at radius 1 is 0.651 bits per heavy atom. The quantitative estimate of drug-likeness (QED) is 0.0855. The molecule has 0 saturated carbocycles. The summed E-state index contributed by atoms with van der Waals surface area (Å²) in [5, 5.41) is 0. The third-order valence-corrected chi connectivity index (χ3v) is 5.92. The fraction of sp³-hybridized carbons (Fsp3) is 0.161. The van der Waals surface area contributed by atoms with Crippen LogP contribution in [0.4, 0.5) is 43.9 Å². The molecule has 0 bridgehead atoms. The molecule has 0 saturated heterocycles. The molecule has 0 aliphatic rings. The number of halogens is 10. The first-order valence-corrected chi connectivity index (χ1v) is 12.5. The minimum atomic E-state index is -4.83. The molecule has 4 rings (SSSR count). The van der Waals surface area contributed by atoms with E-state index in [1.165, 1.54) is 12.1 Å². The normalized spacial score (nSPS) is 11.2.